The van der Waals surface area contributed by atoms with E-state index in [0.29, 0.717) is 44.2 Å². The van der Waals surface area contributed by atoms with Crippen molar-refractivity contribution < 1.29 is 49.4 Å². The number of nitrogens with zero attached hydrogens (tertiary/aromatic N) is 1. The highest BCUT2D eigenvalue weighted by Crippen LogP contribution is 2.19. The summed E-state index contributed by atoms with van der Waals surface area (Å²) in [6.45, 7) is 3.74. The number of rotatable bonds is 42. The van der Waals surface area contributed by atoms with Crippen LogP contribution in [0.15, 0.2) is 0 Å². The van der Waals surface area contributed by atoms with Crippen LogP contribution in [0.2, 0.25) is 18.1 Å². The van der Waals surface area contributed by atoms with Gasteiger partial charge in [-0.25, -0.2) is 14.5 Å². The number of imide groups is 1. The van der Waals surface area contributed by atoms with Crippen molar-refractivity contribution in [1.29, 1.82) is 0 Å². The van der Waals surface area contributed by atoms with Crippen molar-refractivity contribution in [3.63, 3.8) is 0 Å². The summed E-state index contributed by atoms with van der Waals surface area (Å²) in [6, 6.07) is 1.40. The lowest BCUT2D eigenvalue weighted by molar-refractivity contribution is 0.122. The van der Waals surface area contributed by atoms with E-state index in [1.807, 2.05) is 0 Å². The van der Waals surface area contributed by atoms with Crippen molar-refractivity contribution >= 4 is 90.1 Å². The molecule has 0 aliphatic rings. The molecular formula is C41H86N6O11S3Si3. The summed E-state index contributed by atoms with van der Waals surface area (Å²) in [7, 11) is 6.80. The molecule has 376 valence electrons. The number of unbranched alkanes of at least 4 members (excludes halogenated alkanes) is 9. The number of urea groups is 2. The first-order valence-electron chi connectivity index (χ1n) is 22.9. The van der Waals surface area contributed by atoms with Gasteiger partial charge in [0.1, 0.15) is 0 Å². The molecule has 0 aliphatic carbocycles. The van der Waals surface area contributed by atoms with Crippen molar-refractivity contribution in [3.05, 3.63) is 0 Å². The van der Waals surface area contributed by atoms with Gasteiger partial charge in [0.05, 0.1) is 15.0 Å². The van der Waals surface area contributed by atoms with Crippen molar-refractivity contribution in [1.82, 2.24) is 31.5 Å². The Bertz CT molecular complexity index is 1170. The quantitative estimate of drug-likeness (QED) is 0.0237. The summed E-state index contributed by atoms with van der Waals surface area (Å²) in [5.74, 6) is 0. The summed E-state index contributed by atoms with van der Waals surface area (Å²) >= 11 is 16.5. The summed E-state index contributed by atoms with van der Waals surface area (Å²) in [5.41, 5.74) is 0. The molecule has 0 rings (SSSR count). The number of carbonyl (C=O) groups is 2. The number of hydrogen-bond acceptors (Lipinski definition) is 14. The molecule has 0 heterocycles. The molecule has 0 aliphatic heterocycles. The molecule has 64 heavy (non-hydrogen) atoms. The first-order chi connectivity index (χ1) is 30.8. The van der Waals surface area contributed by atoms with Gasteiger partial charge in [-0.15, -0.1) is 0 Å². The lowest BCUT2D eigenvalue weighted by Crippen LogP contribution is -2.49. The van der Waals surface area contributed by atoms with Gasteiger partial charge in [0, 0.05) is 121 Å². The first kappa shape index (κ1) is 62.7. The molecule has 0 bridgehead atoms. The normalized spacial score (nSPS) is 11.9. The van der Waals surface area contributed by atoms with Gasteiger partial charge in [0.2, 0.25) is 0 Å². The van der Waals surface area contributed by atoms with E-state index in [0.717, 1.165) is 144 Å². The van der Waals surface area contributed by atoms with E-state index in [2.05, 4.69) is 26.6 Å². The topological polar surface area (TPSA) is 181 Å². The molecule has 0 saturated carbocycles. The van der Waals surface area contributed by atoms with E-state index < -0.39 is 26.4 Å². The zero-order chi connectivity index (χ0) is 48.0. The fourth-order valence-corrected chi connectivity index (χ4v) is 12.8. The second kappa shape index (κ2) is 39.7. The van der Waals surface area contributed by atoms with Crippen molar-refractivity contribution in [2.75, 3.05) is 103 Å². The van der Waals surface area contributed by atoms with Crippen LogP contribution in [0.5, 0.6) is 0 Å². The fraction of sp³-hybridized carbons (Fsp3) is 0.878. The first-order valence-corrected chi connectivity index (χ1v) is 30.0. The Morgan fingerprint density at radius 1 is 0.359 bits per heavy atom. The minimum absolute atomic E-state index is 0.349. The molecule has 0 spiro atoms. The minimum Gasteiger partial charge on any atom is -0.380 e. The molecule has 0 radical (unpaired) electrons. The third-order valence-electron chi connectivity index (χ3n) is 11.0. The molecule has 0 atom stereocenters. The number of amides is 4. The zero-order valence-corrected chi connectivity index (χ0v) is 46.2. The second-order valence-electron chi connectivity index (χ2n) is 15.4. The van der Waals surface area contributed by atoms with E-state index in [4.69, 9.17) is 76.5 Å². The van der Waals surface area contributed by atoms with E-state index in [-0.39, 0.29) is 12.1 Å². The fourth-order valence-electron chi connectivity index (χ4n) is 6.85. The van der Waals surface area contributed by atoms with Gasteiger partial charge in [0.15, 0.2) is 0 Å². The largest absolute Gasteiger partial charge is 0.500 e. The standard InChI is InChI=1S/C41H86N6O11S3Si3/c1-50-62(51-2,52-3)34-22-25-37(59)42-28-16-10-12-19-31-45-40(48)47(33-21-15-14-18-30-44-39(61)27-24-36-64(56-7,57-8)58-9)41(49)46-32-20-13-11-17-29-43-38(60)26-23-35-63(53-4,54-5)55-6/h10-36H2,1-9H3,(H,42,59)(H,43,60)(H,44,61)(H,45,48)(H,46,49). The zero-order valence-electron chi connectivity index (χ0n) is 40.8. The molecule has 17 nitrogen and oxygen atoms in total. The van der Waals surface area contributed by atoms with Crippen LogP contribution in [0.4, 0.5) is 9.59 Å². The van der Waals surface area contributed by atoms with Crippen LogP contribution in [-0.2, 0) is 39.8 Å². The Kier molecular flexibility index (Phi) is 38.9. The number of nitrogens with one attached hydrogen (secondary N) is 5. The average molecular weight is 1020 g/mol. The number of hydrogen-bond donors (Lipinski definition) is 5. The highest BCUT2D eigenvalue weighted by Gasteiger charge is 2.38. The lowest BCUT2D eigenvalue weighted by atomic mass is 10.2. The van der Waals surface area contributed by atoms with Gasteiger partial charge >= 0.3 is 38.5 Å². The van der Waals surface area contributed by atoms with E-state index in [1.54, 1.807) is 64.0 Å². The third kappa shape index (κ3) is 28.8. The van der Waals surface area contributed by atoms with Crippen molar-refractivity contribution in [3.8, 4) is 0 Å². The summed E-state index contributed by atoms with van der Waals surface area (Å²) in [4.78, 5) is 30.4. The molecule has 0 aromatic rings. The highest BCUT2D eigenvalue weighted by atomic mass is 32.1. The molecule has 23 heteroatoms. The van der Waals surface area contributed by atoms with Gasteiger partial charge in [0.25, 0.3) is 0 Å². The van der Waals surface area contributed by atoms with Crippen LogP contribution in [0.3, 0.4) is 0 Å². The summed E-state index contributed by atoms with van der Waals surface area (Å²) in [6.07, 6.45) is 15.7. The molecule has 5 N–H and O–H groups in total. The van der Waals surface area contributed by atoms with Crippen molar-refractivity contribution in [2.24, 2.45) is 0 Å². The van der Waals surface area contributed by atoms with Crippen molar-refractivity contribution in [2.45, 2.75) is 134 Å². The Balaban J connectivity index is 4.69. The van der Waals surface area contributed by atoms with Gasteiger partial charge in [-0.05, 0) is 77.0 Å². The van der Waals surface area contributed by atoms with E-state index in [9.17, 15) is 9.59 Å². The molecule has 0 aromatic carbocycles. The van der Waals surface area contributed by atoms with Crippen LogP contribution in [0.25, 0.3) is 0 Å². The van der Waals surface area contributed by atoms with Crippen LogP contribution in [0, 0.1) is 0 Å². The van der Waals surface area contributed by atoms with E-state index >= 15 is 0 Å². The highest BCUT2D eigenvalue weighted by molar-refractivity contribution is 7.80. The predicted molar refractivity (Wildman–Crippen MR) is 273 cm³/mol. The molecular weight excluding hydrogens is 933 g/mol. The summed E-state index contributed by atoms with van der Waals surface area (Å²) in [5, 5.41) is 16.0. The monoisotopic (exact) mass is 1020 g/mol. The molecule has 0 aromatic heterocycles. The molecule has 0 fully saturated rings. The van der Waals surface area contributed by atoms with E-state index in [1.165, 1.54) is 4.90 Å². The maximum Gasteiger partial charge on any atom is 0.500 e. The van der Waals surface area contributed by atoms with Crippen LogP contribution < -0.4 is 26.6 Å². The maximum atomic E-state index is 13.3. The Hall–Kier alpha value is -1.30. The predicted octanol–water partition coefficient (Wildman–Crippen LogP) is 7.11. The van der Waals surface area contributed by atoms with Gasteiger partial charge < -0.3 is 66.4 Å². The SMILES string of the molecule is CO[Si](CCCC(=S)NCCCCCCNC(=O)N(CCCCCCNC(=S)CCC[Si](OC)(OC)OC)C(=O)NCCCCCCNC(=S)CCC[Si](OC)(OC)OC)(OC)OC. The second-order valence-corrected chi connectivity index (χ2v) is 26.1. The smallest absolute Gasteiger partial charge is 0.380 e. The Labute approximate surface area is 406 Å². The van der Waals surface area contributed by atoms with Gasteiger partial charge in [-0.1, -0.05) is 75.2 Å². The molecule has 0 saturated heterocycles. The Morgan fingerprint density at radius 2 is 0.594 bits per heavy atom. The van der Waals surface area contributed by atoms with Crippen LogP contribution >= 0.6 is 36.7 Å². The lowest BCUT2D eigenvalue weighted by Gasteiger charge is -2.24. The maximum absolute atomic E-state index is 13.3. The van der Waals surface area contributed by atoms with Crippen LogP contribution in [-0.4, -0.2) is 162 Å². The summed E-state index contributed by atoms with van der Waals surface area (Å²) < 4.78 is 49.4. The number of thiocarbonyl (C=S) groups is 3. The van der Waals surface area contributed by atoms with Gasteiger partial charge in [-0.2, -0.15) is 0 Å². The Morgan fingerprint density at radius 3 is 0.844 bits per heavy atom. The third-order valence-corrected chi connectivity index (χ3v) is 20.5. The number of carbonyl (C=O) groups excluding carboxylic acids is 2. The molecule has 4 amide bonds. The van der Waals surface area contributed by atoms with Crippen LogP contribution in [0.1, 0.15) is 116 Å². The molecule has 0 unspecified atom stereocenters. The van der Waals surface area contributed by atoms with Gasteiger partial charge in [-0.3, -0.25) is 0 Å². The average Bonchev–Trinajstić information content (AvgIpc) is 3.31. The minimum atomic E-state index is -2.60.